The zero-order valence-electron chi connectivity index (χ0n) is 15.5. The summed E-state index contributed by atoms with van der Waals surface area (Å²) in [5.41, 5.74) is 3.16. The Labute approximate surface area is 163 Å². The van der Waals surface area contributed by atoms with Crippen LogP contribution in [0.2, 0.25) is 0 Å². The zero-order chi connectivity index (χ0) is 19.5. The molecule has 3 aromatic carbocycles. The SMILES string of the molecule is CN(C(=O)c1ccc(CN2C(=O)COc3ccccc32)cc1)c1ccccc1. The fourth-order valence-electron chi connectivity index (χ4n) is 3.23. The second-order valence-corrected chi connectivity index (χ2v) is 6.63. The van der Waals surface area contributed by atoms with Crippen molar-refractivity contribution in [3.05, 3.63) is 90.0 Å². The van der Waals surface area contributed by atoms with Crippen molar-refractivity contribution in [1.82, 2.24) is 0 Å². The quantitative estimate of drug-likeness (QED) is 0.698. The first-order chi connectivity index (χ1) is 13.6. The van der Waals surface area contributed by atoms with Crippen LogP contribution in [0.1, 0.15) is 15.9 Å². The standard InChI is InChI=1S/C23H20N2O3/c1-24(19-7-3-2-4-8-19)23(27)18-13-11-17(12-14-18)15-25-20-9-5-6-10-21(20)28-16-22(25)26/h2-14H,15-16H2,1H3. The van der Waals surface area contributed by atoms with Crippen LogP contribution in [0.3, 0.4) is 0 Å². The molecule has 0 saturated carbocycles. The van der Waals surface area contributed by atoms with Gasteiger partial charge in [0.25, 0.3) is 11.8 Å². The van der Waals surface area contributed by atoms with Crippen LogP contribution in [0.4, 0.5) is 11.4 Å². The maximum atomic E-state index is 12.7. The van der Waals surface area contributed by atoms with Gasteiger partial charge in [0.1, 0.15) is 5.75 Å². The van der Waals surface area contributed by atoms with E-state index < -0.39 is 0 Å². The number of hydrogen-bond acceptors (Lipinski definition) is 3. The van der Waals surface area contributed by atoms with Crippen molar-refractivity contribution in [1.29, 1.82) is 0 Å². The number of anilines is 2. The van der Waals surface area contributed by atoms with Crippen LogP contribution in [-0.4, -0.2) is 25.5 Å². The van der Waals surface area contributed by atoms with Gasteiger partial charge in [-0.3, -0.25) is 9.59 Å². The van der Waals surface area contributed by atoms with E-state index in [1.54, 1.807) is 29.0 Å². The highest BCUT2D eigenvalue weighted by atomic mass is 16.5. The van der Waals surface area contributed by atoms with E-state index in [1.165, 1.54) is 0 Å². The van der Waals surface area contributed by atoms with Crippen LogP contribution >= 0.6 is 0 Å². The van der Waals surface area contributed by atoms with Gasteiger partial charge in [-0.05, 0) is 42.0 Å². The van der Waals surface area contributed by atoms with Crippen LogP contribution in [0.15, 0.2) is 78.9 Å². The number of carbonyl (C=O) groups excluding carboxylic acids is 2. The third kappa shape index (κ3) is 3.47. The summed E-state index contributed by atoms with van der Waals surface area (Å²) in [6.45, 7) is 0.470. The highest BCUT2D eigenvalue weighted by molar-refractivity contribution is 6.05. The minimum atomic E-state index is -0.0809. The zero-order valence-corrected chi connectivity index (χ0v) is 15.5. The maximum Gasteiger partial charge on any atom is 0.265 e. The second kappa shape index (κ2) is 7.56. The molecule has 3 aromatic rings. The van der Waals surface area contributed by atoms with Crippen molar-refractivity contribution in [2.24, 2.45) is 0 Å². The molecule has 0 radical (unpaired) electrons. The molecule has 4 rings (SSSR count). The van der Waals surface area contributed by atoms with Crippen molar-refractivity contribution in [3.63, 3.8) is 0 Å². The van der Waals surface area contributed by atoms with Crippen molar-refractivity contribution in [2.75, 3.05) is 23.5 Å². The first-order valence-electron chi connectivity index (χ1n) is 9.08. The van der Waals surface area contributed by atoms with E-state index in [4.69, 9.17) is 4.74 Å². The number of carbonyl (C=O) groups is 2. The van der Waals surface area contributed by atoms with Gasteiger partial charge >= 0.3 is 0 Å². The fourth-order valence-corrected chi connectivity index (χ4v) is 3.23. The van der Waals surface area contributed by atoms with E-state index >= 15 is 0 Å². The lowest BCUT2D eigenvalue weighted by Gasteiger charge is -2.29. The summed E-state index contributed by atoms with van der Waals surface area (Å²) in [6.07, 6.45) is 0. The van der Waals surface area contributed by atoms with E-state index in [1.807, 2.05) is 66.7 Å². The summed E-state index contributed by atoms with van der Waals surface area (Å²) in [6, 6.07) is 24.4. The molecule has 5 heteroatoms. The molecular weight excluding hydrogens is 352 g/mol. The van der Waals surface area contributed by atoms with Gasteiger partial charge in [-0.1, -0.05) is 42.5 Å². The number of para-hydroxylation sites is 3. The lowest BCUT2D eigenvalue weighted by molar-refractivity contribution is -0.121. The molecule has 0 saturated heterocycles. The van der Waals surface area contributed by atoms with Gasteiger partial charge < -0.3 is 14.5 Å². The lowest BCUT2D eigenvalue weighted by Crippen LogP contribution is -2.38. The number of benzene rings is 3. The van der Waals surface area contributed by atoms with Gasteiger partial charge in [0.15, 0.2) is 6.61 Å². The second-order valence-electron chi connectivity index (χ2n) is 6.63. The van der Waals surface area contributed by atoms with Gasteiger partial charge in [0.05, 0.1) is 12.2 Å². The number of nitrogens with zero attached hydrogens (tertiary/aromatic N) is 2. The summed E-state index contributed by atoms with van der Waals surface area (Å²) in [7, 11) is 1.76. The number of hydrogen-bond donors (Lipinski definition) is 0. The van der Waals surface area contributed by atoms with Crippen LogP contribution in [0, 0.1) is 0 Å². The molecule has 140 valence electrons. The van der Waals surface area contributed by atoms with Crippen molar-refractivity contribution >= 4 is 23.2 Å². The summed E-state index contributed by atoms with van der Waals surface area (Å²) < 4.78 is 5.48. The predicted octanol–water partition coefficient (Wildman–Crippen LogP) is 3.89. The Morgan fingerprint density at radius 2 is 1.64 bits per heavy atom. The monoisotopic (exact) mass is 372 g/mol. The molecule has 0 bridgehead atoms. The smallest absolute Gasteiger partial charge is 0.265 e. The average Bonchev–Trinajstić information content (AvgIpc) is 2.76. The van der Waals surface area contributed by atoms with Crippen LogP contribution in [-0.2, 0) is 11.3 Å². The third-order valence-electron chi connectivity index (χ3n) is 4.80. The van der Waals surface area contributed by atoms with Gasteiger partial charge in [0.2, 0.25) is 0 Å². The topological polar surface area (TPSA) is 49.9 Å². The summed E-state index contributed by atoms with van der Waals surface area (Å²) in [5, 5.41) is 0. The van der Waals surface area contributed by atoms with Gasteiger partial charge in [-0.25, -0.2) is 0 Å². The minimum absolute atomic E-state index is 0.0372. The number of amides is 2. The van der Waals surface area contributed by atoms with Gasteiger partial charge in [-0.2, -0.15) is 0 Å². The van der Waals surface area contributed by atoms with E-state index in [2.05, 4.69) is 0 Å². The molecule has 0 fully saturated rings. The Balaban J connectivity index is 1.51. The highest BCUT2D eigenvalue weighted by Crippen LogP contribution is 2.32. The first kappa shape index (κ1) is 17.8. The van der Waals surface area contributed by atoms with Crippen LogP contribution in [0.25, 0.3) is 0 Å². The molecule has 0 unspecified atom stereocenters. The summed E-state index contributed by atoms with van der Waals surface area (Å²) >= 11 is 0. The van der Waals surface area contributed by atoms with Gasteiger partial charge in [-0.15, -0.1) is 0 Å². The summed E-state index contributed by atoms with van der Waals surface area (Å²) in [4.78, 5) is 28.4. The van der Waals surface area contributed by atoms with Crippen LogP contribution < -0.4 is 14.5 Å². The minimum Gasteiger partial charge on any atom is -0.482 e. The fraction of sp³-hybridized carbons (Fsp3) is 0.130. The normalized spacial score (nSPS) is 12.9. The Morgan fingerprint density at radius 3 is 2.39 bits per heavy atom. The Bertz CT molecular complexity index is 1000. The molecule has 0 spiro atoms. The van der Waals surface area contributed by atoms with Crippen LogP contribution in [0.5, 0.6) is 5.75 Å². The first-order valence-corrected chi connectivity index (χ1v) is 9.08. The number of fused-ring (bicyclic) bond motifs is 1. The predicted molar refractivity (Wildman–Crippen MR) is 109 cm³/mol. The lowest BCUT2D eigenvalue weighted by atomic mass is 10.1. The molecule has 0 aliphatic carbocycles. The molecule has 5 nitrogen and oxygen atoms in total. The Morgan fingerprint density at radius 1 is 0.964 bits per heavy atom. The third-order valence-corrected chi connectivity index (χ3v) is 4.80. The van der Waals surface area contributed by atoms with E-state index in [9.17, 15) is 9.59 Å². The molecule has 0 atom stereocenters. The highest BCUT2D eigenvalue weighted by Gasteiger charge is 2.25. The molecule has 0 N–H and O–H groups in total. The van der Waals surface area contributed by atoms with E-state index in [0.717, 1.165) is 16.9 Å². The Kier molecular flexibility index (Phi) is 4.81. The molecule has 1 heterocycles. The Hall–Kier alpha value is -3.60. The van der Waals surface area contributed by atoms with E-state index in [-0.39, 0.29) is 18.4 Å². The van der Waals surface area contributed by atoms with Crippen molar-refractivity contribution in [2.45, 2.75) is 6.54 Å². The van der Waals surface area contributed by atoms with Crippen molar-refractivity contribution < 1.29 is 14.3 Å². The number of rotatable bonds is 4. The number of ether oxygens (including phenoxy) is 1. The molecule has 28 heavy (non-hydrogen) atoms. The molecule has 1 aliphatic rings. The maximum absolute atomic E-state index is 12.7. The van der Waals surface area contributed by atoms with Gasteiger partial charge in [0, 0.05) is 18.3 Å². The summed E-state index contributed by atoms with van der Waals surface area (Å²) in [5.74, 6) is 0.548. The van der Waals surface area contributed by atoms with E-state index in [0.29, 0.717) is 17.9 Å². The van der Waals surface area contributed by atoms with Crippen molar-refractivity contribution in [3.8, 4) is 5.75 Å². The molecule has 2 amide bonds. The molecule has 0 aromatic heterocycles. The molecule has 1 aliphatic heterocycles. The largest absolute Gasteiger partial charge is 0.482 e. The average molecular weight is 372 g/mol. The molecular formula is C23H20N2O3.